The number of carbonyl (C=O) groups is 2. The molecule has 2 fully saturated rings. The van der Waals surface area contributed by atoms with Crippen LogP contribution in [0.4, 0.5) is 4.39 Å². The molecule has 156 valence electrons. The molecule has 1 aromatic carbocycles. The summed E-state index contributed by atoms with van der Waals surface area (Å²) in [4.78, 5) is 28.9. The maximum atomic E-state index is 14.0. The van der Waals surface area contributed by atoms with Crippen LogP contribution in [-0.2, 0) is 11.2 Å². The number of Topliss-reactive ketones (excluding diaryl/α,β-unsaturated/α-hetero) is 1. The van der Waals surface area contributed by atoms with Gasteiger partial charge in [-0.15, -0.1) is 11.3 Å². The average Bonchev–Trinajstić information content (AvgIpc) is 3.03. The Labute approximate surface area is 176 Å². The van der Waals surface area contributed by atoms with E-state index in [9.17, 15) is 14.0 Å². The zero-order valence-corrected chi connectivity index (χ0v) is 18.4. The van der Waals surface area contributed by atoms with Crippen molar-refractivity contribution in [3.05, 3.63) is 34.5 Å². The number of hydrogen-bond donors (Lipinski definition) is 0. The van der Waals surface area contributed by atoms with Gasteiger partial charge >= 0.3 is 0 Å². The molecule has 2 unspecified atom stereocenters. The Morgan fingerprint density at radius 1 is 1.14 bits per heavy atom. The van der Waals surface area contributed by atoms with Crippen molar-refractivity contribution in [2.45, 2.75) is 59.3 Å². The second-order valence-corrected chi connectivity index (χ2v) is 10.8. The van der Waals surface area contributed by atoms with Gasteiger partial charge in [0.2, 0.25) is 5.91 Å². The number of carbonyl (C=O) groups excluding carboxylic acids is 2. The second kappa shape index (κ2) is 7.82. The maximum absolute atomic E-state index is 14.0. The van der Waals surface area contributed by atoms with Gasteiger partial charge in [0, 0.05) is 23.2 Å². The fourth-order valence-corrected chi connectivity index (χ4v) is 6.26. The summed E-state index contributed by atoms with van der Waals surface area (Å²) in [6, 6.07) is 4.61. The van der Waals surface area contributed by atoms with Gasteiger partial charge in [-0.05, 0) is 53.8 Å². The molecule has 1 saturated heterocycles. The lowest BCUT2D eigenvalue weighted by Gasteiger charge is -2.41. The first kappa shape index (κ1) is 20.5. The van der Waals surface area contributed by atoms with Gasteiger partial charge in [-0.2, -0.15) is 0 Å². The molecule has 1 aliphatic carbocycles. The summed E-state index contributed by atoms with van der Waals surface area (Å²) in [6.07, 6.45) is 6.36. The van der Waals surface area contributed by atoms with Crippen LogP contribution >= 0.6 is 11.3 Å². The van der Waals surface area contributed by atoms with Gasteiger partial charge < -0.3 is 4.90 Å². The van der Waals surface area contributed by atoms with Crippen LogP contribution in [0.1, 0.15) is 68.1 Å². The summed E-state index contributed by atoms with van der Waals surface area (Å²) in [5.74, 6) is 1.14. The van der Waals surface area contributed by atoms with Gasteiger partial charge in [-0.1, -0.05) is 40.0 Å². The number of hydrogen-bond acceptors (Lipinski definition) is 3. The Morgan fingerprint density at radius 3 is 2.59 bits per heavy atom. The summed E-state index contributed by atoms with van der Waals surface area (Å²) in [5.41, 5.74) is 0.165. The van der Waals surface area contributed by atoms with E-state index in [2.05, 4.69) is 0 Å². The summed E-state index contributed by atoms with van der Waals surface area (Å²) in [7, 11) is 0. The minimum absolute atomic E-state index is 0.0212. The minimum Gasteiger partial charge on any atom is -0.342 e. The summed E-state index contributed by atoms with van der Waals surface area (Å²) >= 11 is 1.39. The van der Waals surface area contributed by atoms with Crippen molar-refractivity contribution in [2.75, 3.05) is 13.1 Å². The molecular weight excluding hydrogens is 385 g/mol. The largest absolute Gasteiger partial charge is 0.342 e. The molecule has 5 heteroatoms. The van der Waals surface area contributed by atoms with Crippen LogP contribution in [0.25, 0.3) is 10.1 Å². The van der Waals surface area contributed by atoms with E-state index >= 15 is 0 Å². The van der Waals surface area contributed by atoms with Crippen LogP contribution in [0.15, 0.2) is 18.2 Å². The van der Waals surface area contributed by atoms with E-state index in [1.165, 1.54) is 49.2 Å². The number of rotatable bonds is 3. The number of ketones is 1. The molecule has 2 atom stereocenters. The first-order valence-electron chi connectivity index (χ1n) is 10.8. The number of thiophene rings is 1. The first-order valence-corrected chi connectivity index (χ1v) is 11.6. The number of amides is 1. The molecule has 1 saturated carbocycles. The molecule has 0 bridgehead atoms. The van der Waals surface area contributed by atoms with Gasteiger partial charge in [0.05, 0.1) is 11.3 Å². The lowest BCUT2D eigenvalue weighted by Crippen LogP contribution is -2.45. The predicted molar refractivity (Wildman–Crippen MR) is 116 cm³/mol. The molecule has 1 aromatic heterocycles. The monoisotopic (exact) mass is 415 g/mol. The first-order chi connectivity index (χ1) is 13.7. The number of piperidine rings is 1. The third kappa shape index (κ3) is 4.11. The predicted octanol–water partition coefficient (Wildman–Crippen LogP) is 5.85. The van der Waals surface area contributed by atoms with Gasteiger partial charge in [0.15, 0.2) is 5.78 Å². The number of likely N-dealkylation sites (tertiary alicyclic amines) is 1. The standard InChI is InChI=1S/C24H30FNO2S/c1-24(2,3)23(28)22-19(18-12-17(25)8-9-20(18)29-22)13-21(27)26-11-10-15-6-4-5-7-16(15)14-26/h8-9,12,15-16H,4-7,10-11,13-14H2,1-3H3. The summed E-state index contributed by atoms with van der Waals surface area (Å²) < 4.78 is 14.8. The lowest BCUT2D eigenvalue weighted by molar-refractivity contribution is -0.133. The molecule has 4 rings (SSSR count). The zero-order valence-electron chi connectivity index (χ0n) is 17.6. The Kier molecular flexibility index (Phi) is 5.54. The van der Waals surface area contributed by atoms with E-state index in [1.54, 1.807) is 6.07 Å². The summed E-state index contributed by atoms with van der Waals surface area (Å²) in [6.45, 7) is 7.31. The van der Waals surface area contributed by atoms with Crippen molar-refractivity contribution < 1.29 is 14.0 Å². The highest BCUT2D eigenvalue weighted by Gasteiger charge is 2.34. The molecule has 0 spiro atoms. The Hall–Kier alpha value is -1.75. The van der Waals surface area contributed by atoms with Crippen molar-refractivity contribution in [2.24, 2.45) is 17.3 Å². The van der Waals surface area contributed by atoms with Crippen LogP contribution in [-0.4, -0.2) is 29.7 Å². The third-order valence-electron chi connectivity index (χ3n) is 6.61. The Morgan fingerprint density at radius 2 is 1.86 bits per heavy atom. The van der Waals surface area contributed by atoms with E-state index in [1.807, 2.05) is 25.7 Å². The average molecular weight is 416 g/mol. The topological polar surface area (TPSA) is 37.4 Å². The smallest absolute Gasteiger partial charge is 0.227 e. The van der Waals surface area contributed by atoms with Gasteiger partial charge in [-0.3, -0.25) is 9.59 Å². The van der Waals surface area contributed by atoms with Crippen LogP contribution in [0.2, 0.25) is 0 Å². The lowest BCUT2D eigenvalue weighted by atomic mass is 9.75. The second-order valence-electron chi connectivity index (χ2n) is 9.74. The van der Waals surface area contributed by atoms with Crippen LogP contribution in [0, 0.1) is 23.1 Å². The molecule has 0 radical (unpaired) electrons. The van der Waals surface area contributed by atoms with E-state index in [0.717, 1.165) is 30.1 Å². The molecule has 1 amide bonds. The van der Waals surface area contributed by atoms with Crippen molar-refractivity contribution in [3.8, 4) is 0 Å². The fourth-order valence-electron chi connectivity index (χ4n) is 4.91. The van der Waals surface area contributed by atoms with Crippen molar-refractivity contribution >= 4 is 33.1 Å². The van der Waals surface area contributed by atoms with E-state index < -0.39 is 5.41 Å². The third-order valence-corrected chi connectivity index (χ3v) is 7.82. The number of fused-ring (bicyclic) bond motifs is 2. The molecular formula is C24H30FNO2S. The Bertz CT molecular complexity index is 942. The van der Waals surface area contributed by atoms with E-state index in [-0.39, 0.29) is 23.9 Å². The maximum Gasteiger partial charge on any atom is 0.227 e. The van der Waals surface area contributed by atoms with Crippen molar-refractivity contribution in [3.63, 3.8) is 0 Å². The van der Waals surface area contributed by atoms with Gasteiger partial charge in [0.1, 0.15) is 5.82 Å². The number of benzene rings is 1. The van der Waals surface area contributed by atoms with Crippen LogP contribution in [0.3, 0.4) is 0 Å². The highest BCUT2D eigenvalue weighted by molar-refractivity contribution is 7.21. The molecule has 3 nitrogen and oxygen atoms in total. The summed E-state index contributed by atoms with van der Waals surface area (Å²) in [5, 5.41) is 0.712. The molecule has 0 N–H and O–H groups in total. The normalized spacial score (nSPS) is 22.6. The highest BCUT2D eigenvalue weighted by atomic mass is 32.1. The van der Waals surface area contributed by atoms with Crippen molar-refractivity contribution in [1.29, 1.82) is 0 Å². The minimum atomic E-state index is -0.544. The quantitative estimate of drug-likeness (QED) is 0.590. The Balaban J connectivity index is 1.63. The van der Waals surface area contributed by atoms with Crippen LogP contribution < -0.4 is 0 Å². The van der Waals surface area contributed by atoms with Gasteiger partial charge in [-0.25, -0.2) is 4.39 Å². The fraction of sp³-hybridized carbons (Fsp3) is 0.583. The van der Waals surface area contributed by atoms with Crippen LogP contribution in [0.5, 0.6) is 0 Å². The molecule has 2 aromatic rings. The molecule has 29 heavy (non-hydrogen) atoms. The number of nitrogens with zero attached hydrogens (tertiary/aromatic N) is 1. The highest BCUT2D eigenvalue weighted by Crippen LogP contribution is 2.38. The number of halogens is 1. The SMILES string of the molecule is CC(C)(C)C(=O)c1sc2ccc(F)cc2c1CC(=O)N1CCC2CCCCC2C1. The molecule has 1 aliphatic heterocycles. The van der Waals surface area contributed by atoms with E-state index in [4.69, 9.17) is 0 Å². The molecule has 2 heterocycles. The zero-order chi connectivity index (χ0) is 20.8. The van der Waals surface area contributed by atoms with Gasteiger partial charge in [0.25, 0.3) is 0 Å². The molecule has 2 aliphatic rings. The van der Waals surface area contributed by atoms with Crippen molar-refractivity contribution in [1.82, 2.24) is 4.90 Å². The van der Waals surface area contributed by atoms with E-state index in [0.29, 0.717) is 21.7 Å².